The molecule has 136 valence electrons. The summed E-state index contributed by atoms with van der Waals surface area (Å²) in [4.78, 5) is 32.0. The average molecular weight is 345 g/mol. The fourth-order valence-electron chi connectivity index (χ4n) is 3.92. The summed E-state index contributed by atoms with van der Waals surface area (Å²) in [6.45, 7) is 12.7. The van der Waals surface area contributed by atoms with Crippen LogP contribution in [0.3, 0.4) is 0 Å². The monoisotopic (exact) mass is 345 g/mol. The van der Waals surface area contributed by atoms with Crippen molar-refractivity contribution in [3.8, 4) is 0 Å². The van der Waals surface area contributed by atoms with Gasteiger partial charge < -0.3 is 9.47 Å². The molecule has 0 aliphatic carbocycles. The van der Waals surface area contributed by atoms with Crippen LogP contribution >= 0.6 is 0 Å². The van der Waals surface area contributed by atoms with Gasteiger partial charge in [-0.2, -0.15) is 4.98 Å². The molecule has 2 atom stereocenters. The molecule has 3 rings (SSSR count). The van der Waals surface area contributed by atoms with Gasteiger partial charge in [-0.3, -0.25) is 13.9 Å². The zero-order chi connectivity index (χ0) is 18.5. The van der Waals surface area contributed by atoms with Gasteiger partial charge in [0.2, 0.25) is 5.95 Å². The molecule has 0 N–H and O–H groups in total. The van der Waals surface area contributed by atoms with Gasteiger partial charge in [0.05, 0.1) is 0 Å². The highest BCUT2D eigenvalue weighted by Gasteiger charge is 2.28. The standard InChI is InChI=1S/C18H27N5O2/c1-11(2)8-23-14-15(20(5)18(25)21(6)16(14)24)19-17(23)22-9-12(3)7-13(4)10-22/h12-13H,1,7-10H2,2-6H3/t12-,13-/m1/s1. The quantitative estimate of drug-likeness (QED) is 0.791. The zero-order valence-corrected chi connectivity index (χ0v) is 15.7. The molecule has 1 fully saturated rings. The van der Waals surface area contributed by atoms with E-state index in [9.17, 15) is 9.59 Å². The van der Waals surface area contributed by atoms with Gasteiger partial charge in [0.1, 0.15) is 0 Å². The molecule has 0 radical (unpaired) electrons. The topological polar surface area (TPSA) is 65.1 Å². The summed E-state index contributed by atoms with van der Waals surface area (Å²) in [6.07, 6.45) is 1.19. The summed E-state index contributed by atoms with van der Waals surface area (Å²) < 4.78 is 4.51. The molecule has 1 aliphatic rings. The number of aryl methyl sites for hydroxylation is 1. The number of rotatable bonds is 3. The van der Waals surface area contributed by atoms with Crippen molar-refractivity contribution in [3.05, 3.63) is 33.0 Å². The molecule has 1 saturated heterocycles. The zero-order valence-electron chi connectivity index (χ0n) is 15.7. The molecule has 7 nitrogen and oxygen atoms in total. The van der Waals surface area contributed by atoms with Crippen molar-refractivity contribution in [2.45, 2.75) is 33.7 Å². The van der Waals surface area contributed by atoms with Gasteiger partial charge in [-0.05, 0) is 25.2 Å². The molecule has 2 aromatic heterocycles. The van der Waals surface area contributed by atoms with Gasteiger partial charge >= 0.3 is 5.69 Å². The number of fused-ring (bicyclic) bond motifs is 1. The number of piperidine rings is 1. The molecule has 7 heteroatoms. The summed E-state index contributed by atoms with van der Waals surface area (Å²) in [5.74, 6) is 1.89. The van der Waals surface area contributed by atoms with Crippen LogP contribution < -0.4 is 16.1 Å². The first-order chi connectivity index (χ1) is 11.7. The number of imidazole rings is 1. The predicted octanol–water partition coefficient (Wildman–Crippen LogP) is 1.49. The molecule has 0 unspecified atom stereocenters. The first-order valence-electron chi connectivity index (χ1n) is 8.76. The maximum atomic E-state index is 12.8. The van der Waals surface area contributed by atoms with Crippen LogP contribution in [0.5, 0.6) is 0 Å². The molecule has 3 heterocycles. The second-order valence-corrected chi connectivity index (χ2v) is 7.68. The van der Waals surface area contributed by atoms with E-state index < -0.39 is 0 Å². The van der Waals surface area contributed by atoms with Gasteiger partial charge in [-0.15, -0.1) is 0 Å². The van der Waals surface area contributed by atoms with Crippen LogP contribution in [0.2, 0.25) is 0 Å². The Kier molecular flexibility index (Phi) is 4.34. The van der Waals surface area contributed by atoms with Crippen LogP contribution in [-0.4, -0.2) is 31.8 Å². The van der Waals surface area contributed by atoms with Crippen molar-refractivity contribution >= 4 is 17.1 Å². The molecule has 0 spiro atoms. The fourth-order valence-corrected chi connectivity index (χ4v) is 3.92. The molecule has 0 amide bonds. The minimum Gasteiger partial charge on any atom is -0.342 e. The maximum Gasteiger partial charge on any atom is 0.332 e. The van der Waals surface area contributed by atoms with E-state index in [0.29, 0.717) is 29.5 Å². The Morgan fingerprint density at radius 2 is 1.76 bits per heavy atom. The maximum absolute atomic E-state index is 12.8. The normalized spacial score (nSPS) is 21.1. The first kappa shape index (κ1) is 17.5. The Balaban J connectivity index is 2.30. The van der Waals surface area contributed by atoms with Crippen LogP contribution in [0.15, 0.2) is 21.7 Å². The van der Waals surface area contributed by atoms with Crippen LogP contribution in [0, 0.1) is 11.8 Å². The van der Waals surface area contributed by atoms with Crippen molar-refractivity contribution in [1.29, 1.82) is 0 Å². The predicted molar refractivity (Wildman–Crippen MR) is 100 cm³/mol. The van der Waals surface area contributed by atoms with E-state index in [4.69, 9.17) is 4.98 Å². The number of anilines is 1. The van der Waals surface area contributed by atoms with Gasteiger partial charge in [-0.1, -0.05) is 26.0 Å². The highest BCUT2D eigenvalue weighted by molar-refractivity contribution is 5.74. The number of hydrogen-bond donors (Lipinski definition) is 0. The highest BCUT2D eigenvalue weighted by atomic mass is 16.2. The average Bonchev–Trinajstić information content (AvgIpc) is 2.88. The van der Waals surface area contributed by atoms with Crippen LogP contribution in [0.4, 0.5) is 5.95 Å². The Bertz CT molecular complexity index is 939. The van der Waals surface area contributed by atoms with E-state index in [1.807, 2.05) is 11.5 Å². The largest absolute Gasteiger partial charge is 0.342 e. The van der Waals surface area contributed by atoms with Crippen LogP contribution in [0.25, 0.3) is 11.2 Å². The minimum atomic E-state index is -0.357. The van der Waals surface area contributed by atoms with E-state index in [2.05, 4.69) is 25.3 Å². The lowest BCUT2D eigenvalue weighted by atomic mass is 9.92. The van der Waals surface area contributed by atoms with E-state index in [-0.39, 0.29) is 11.2 Å². The Hall–Kier alpha value is -2.31. The fraction of sp³-hybridized carbons (Fsp3) is 0.611. The van der Waals surface area contributed by atoms with Crippen molar-refractivity contribution in [2.75, 3.05) is 18.0 Å². The van der Waals surface area contributed by atoms with E-state index in [1.54, 1.807) is 7.05 Å². The lowest BCUT2D eigenvalue weighted by Gasteiger charge is -2.35. The third kappa shape index (κ3) is 2.92. The van der Waals surface area contributed by atoms with Crippen molar-refractivity contribution in [3.63, 3.8) is 0 Å². The molecule has 25 heavy (non-hydrogen) atoms. The SMILES string of the molecule is C=C(C)Cn1c(N2C[C@H](C)C[C@@H](C)C2)nc2c1c(=O)n(C)c(=O)n2C. The second kappa shape index (κ2) is 6.20. The van der Waals surface area contributed by atoms with Crippen molar-refractivity contribution in [2.24, 2.45) is 25.9 Å². The van der Waals surface area contributed by atoms with E-state index in [0.717, 1.165) is 29.2 Å². The van der Waals surface area contributed by atoms with E-state index in [1.165, 1.54) is 18.0 Å². The lowest BCUT2D eigenvalue weighted by Crippen LogP contribution is -2.40. The third-order valence-electron chi connectivity index (χ3n) is 4.91. The molecule has 1 aliphatic heterocycles. The molecule has 0 bridgehead atoms. The Morgan fingerprint density at radius 1 is 1.16 bits per heavy atom. The van der Waals surface area contributed by atoms with Gasteiger partial charge in [-0.25, -0.2) is 4.79 Å². The molecular formula is C18H27N5O2. The van der Waals surface area contributed by atoms with Crippen LogP contribution in [-0.2, 0) is 20.6 Å². The van der Waals surface area contributed by atoms with Crippen molar-refractivity contribution in [1.82, 2.24) is 18.7 Å². The number of aromatic nitrogens is 4. The van der Waals surface area contributed by atoms with Crippen LogP contribution in [0.1, 0.15) is 27.2 Å². The number of nitrogens with zero attached hydrogens (tertiary/aromatic N) is 5. The highest BCUT2D eigenvalue weighted by Crippen LogP contribution is 2.28. The van der Waals surface area contributed by atoms with E-state index >= 15 is 0 Å². The third-order valence-corrected chi connectivity index (χ3v) is 4.91. The molecule has 0 aromatic carbocycles. The van der Waals surface area contributed by atoms with Gasteiger partial charge in [0, 0.05) is 33.7 Å². The van der Waals surface area contributed by atoms with Gasteiger partial charge in [0.25, 0.3) is 5.56 Å². The summed E-state index contributed by atoms with van der Waals surface area (Å²) in [5, 5.41) is 0. The summed E-state index contributed by atoms with van der Waals surface area (Å²) >= 11 is 0. The smallest absolute Gasteiger partial charge is 0.332 e. The molecule has 0 saturated carbocycles. The number of hydrogen-bond acceptors (Lipinski definition) is 4. The Morgan fingerprint density at radius 3 is 2.32 bits per heavy atom. The summed E-state index contributed by atoms with van der Waals surface area (Å²) in [6, 6.07) is 0. The summed E-state index contributed by atoms with van der Waals surface area (Å²) in [5.41, 5.74) is 1.18. The lowest BCUT2D eigenvalue weighted by molar-refractivity contribution is 0.352. The first-order valence-corrected chi connectivity index (χ1v) is 8.76. The molecular weight excluding hydrogens is 318 g/mol. The summed E-state index contributed by atoms with van der Waals surface area (Å²) in [7, 11) is 3.17. The van der Waals surface area contributed by atoms with Crippen molar-refractivity contribution < 1.29 is 0 Å². The minimum absolute atomic E-state index is 0.309. The number of allylic oxidation sites excluding steroid dienone is 1. The van der Waals surface area contributed by atoms with Gasteiger partial charge in [0.15, 0.2) is 11.2 Å². The second-order valence-electron chi connectivity index (χ2n) is 7.68. The molecule has 2 aromatic rings. The Labute approximate surface area is 147 Å².